The first kappa shape index (κ1) is 14.1. The molecule has 2 heterocycles. The van der Waals surface area contributed by atoms with Crippen LogP contribution in [-0.4, -0.2) is 28.6 Å². The van der Waals surface area contributed by atoms with Gasteiger partial charge < -0.3 is 5.11 Å². The highest BCUT2D eigenvalue weighted by atomic mass is 32.1. The van der Waals surface area contributed by atoms with Gasteiger partial charge in [-0.15, -0.1) is 11.3 Å². The predicted octanol–water partition coefficient (Wildman–Crippen LogP) is 3.84. The van der Waals surface area contributed by atoms with Gasteiger partial charge >= 0.3 is 5.97 Å². The minimum Gasteiger partial charge on any atom is -0.481 e. The van der Waals surface area contributed by atoms with Gasteiger partial charge in [0.1, 0.15) is 0 Å². The number of fused-ring (bicyclic) bond motifs is 1. The number of likely N-dealkylation sites (tertiary alicyclic amines) is 1. The normalized spacial score (nSPS) is 27.2. The van der Waals surface area contributed by atoms with Crippen LogP contribution in [0.25, 0.3) is 0 Å². The minimum atomic E-state index is -0.657. The molecule has 1 aliphatic carbocycles. The average Bonchev–Trinajstić information content (AvgIpc) is 2.93. The molecular formula is C16H23NO2S. The number of carboxylic acid groups (broad SMARTS) is 1. The van der Waals surface area contributed by atoms with E-state index in [0.29, 0.717) is 18.5 Å². The van der Waals surface area contributed by atoms with E-state index >= 15 is 0 Å². The standard InChI is InChI=1S/C16H23NO2S/c18-16(19)8-7-12-4-1-2-10-17(12)14-5-3-6-15-13(14)9-11-20-15/h9,11-12,14H,1-8,10H2,(H,18,19). The van der Waals surface area contributed by atoms with E-state index in [2.05, 4.69) is 16.3 Å². The van der Waals surface area contributed by atoms with Crippen LogP contribution in [-0.2, 0) is 11.2 Å². The molecule has 1 aromatic rings. The van der Waals surface area contributed by atoms with Gasteiger partial charge in [-0.3, -0.25) is 9.69 Å². The minimum absolute atomic E-state index is 0.310. The molecule has 2 aliphatic rings. The van der Waals surface area contributed by atoms with Gasteiger partial charge in [-0.1, -0.05) is 6.42 Å². The zero-order valence-corrected chi connectivity index (χ0v) is 12.7. The predicted molar refractivity (Wildman–Crippen MR) is 81.2 cm³/mol. The molecule has 1 N–H and O–H groups in total. The van der Waals surface area contributed by atoms with E-state index in [-0.39, 0.29) is 0 Å². The lowest BCUT2D eigenvalue weighted by Gasteiger charge is -2.43. The van der Waals surface area contributed by atoms with Gasteiger partial charge in [-0.05, 0) is 62.1 Å². The van der Waals surface area contributed by atoms with Crippen LogP contribution in [0.15, 0.2) is 11.4 Å². The van der Waals surface area contributed by atoms with Crippen LogP contribution in [0.3, 0.4) is 0 Å². The Balaban J connectivity index is 1.75. The fourth-order valence-corrected chi connectivity index (χ4v) is 4.82. The first-order valence-corrected chi connectivity index (χ1v) is 8.67. The molecule has 4 heteroatoms. The Hall–Kier alpha value is -0.870. The van der Waals surface area contributed by atoms with Crippen LogP contribution < -0.4 is 0 Å². The molecule has 0 aromatic carbocycles. The zero-order valence-electron chi connectivity index (χ0n) is 11.9. The van der Waals surface area contributed by atoms with Gasteiger partial charge in [0.25, 0.3) is 0 Å². The van der Waals surface area contributed by atoms with Crippen molar-refractivity contribution in [1.82, 2.24) is 4.90 Å². The molecule has 0 bridgehead atoms. The van der Waals surface area contributed by atoms with E-state index in [1.807, 2.05) is 11.3 Å². The number of aryl methyl sites for hydroxylation is 1. The van der Waals surface area contributed by atoms with Crippen LogP contribution in [0.1, 0.15) is 61.4 Å². The van der Waals surface area contributed by atoms with Crippen molar-refractivity contribution in [3.05, 3.63) is 21.9 Å². The third kappa shape index (κ3) is 2.91. The molecular weight excluding hydrogens is 270 g/mol. The van der Waals surface area contributed by atoms with Crippen molar-refractivity contribution < 1.29 is 9.90 Å². The molecule has 1 aromatic heterocycles. The lowest BCUT2D eigenvalue weighted by Crippen LogP contribution is -2.43. The molecule has 3 nitrogen and oxygen atoms in total. The molecule has 2 unspecified atom stereocenters. The number of carboxylic acids is 1. The summed E-state index contributed by atoms with van der Waals surface area (Å²) in [6.07, 6.45) is 8.56. The van der Waals surface area contributed by atoms with Gasteiger partial charge in [-0.25, -0.2) is 0 Å². The summed E-state index contributed by atoms with van der Waals surface area (Å²) in [7, 11) is 0. The lowest BCUT2D eigenvalue weighted by molar-refractivity contribution is -0.137. The van der Waals surface area contributed by atoms with Gasteiger partial charge in [-0.2, -0.15) is 0 Å². The number of thiophene rings is 1. The Bertz CT molecular complexity index is 471. The Kier molecular flexibility index (Phi) is 4.41. The fraction of sp³-hybridized carbons (Fsp3) is 0.688. The third-order valence-corrected chi connectivity index (χ3v) is 5.78. The maximum atomic E-state index is 10.9. The maximum Gasteiger partial charge on any atom is 0.303 e. The topological polar surface area (TPSA) is 40.5 Å². The van der Waals surface area contributed by atoms with E-state index in [4.69, 9.17) is 5.11 Å². The van der Waals surface area contributed by atoms with E-state index in [0.717, 1.165) is 13.0 Å². The molecule has 3 rings (SSSR count). The summed E-state index contributed by atoms with van der Waals surface area (Å²) >= 11 is 1.89. The van der Waals surface area contributed by atoms with Crippen molar-refractivity contribution in [2.45, 2.75) is 63.5 Å². The number of rotatable bonds is 4. The van der Waals surface area contributed by atoms with Crippen LogP contribution in [0, 0.1) is 0 Å². The molecule has 1 saturated heterocycles. The SMILES string of the molecule is O=C(O)CCC1CCCCN1C1CCCc2sccc21. The molecule has 0 saturated carbocycles. The smallest absolute Gasteiger partial charge is 0.303 e. The molecule has 0 amide bonds. The zero-order chi connectivity index (χ0) is 13.9. The Morgan fingerprint density at radius 2 is 2.25 bits per heavy atom. The second-order valence-corrected chi connectivity index (χ2v) is 7.03. The van der Waals surface area contributed by atoms with Crippen LogP contribution in [0.4, 0.5) is 0 Å². The van der Waals surface area contributed by atoms with Gasteiger partial charge in [0.15, 0.2) is 0 Å². The monoisotopic (exact) mass is 293 g/mol. The third-order valence-electron chi connectivity index (χ3n) is 4.78. The van der Waals surface area contributed by atoms with Crippen molar-refractivity contribution >= 4 is 17.3 Å². The summed E-state index contributed by atoms with van der Waals surface area (Å²) in [4.78, 5) is 15.0. The molecule has 2 atom stereocenters. The number of hydrogen-bond donors (Lipinski definition) is 1. The van der Waals surface area contributed by atoms with Crippen molar-refractivity contribution in [3.63, 3.8) is 0 Å². The van der Waals surface area contributed by atoms with Gasteiger partial charge in [0, 0.05) is 23.4 Å². The Labute approximate surface area is 124 Å². The average molecular weight is 293 g/mol. The first-order valence-electron chi connectivity index (χ1n) is 7.79. The van der Waals surface area contributed by atoms with Gasteiger partial charge in [0.2, 0.25) is 0 Å². The van der Waals surface area contributed by atoms with Crippen LogP contribution in [0.5, 0.6) is 0 Å². The summed E-state index contributed by atoms with van der Waals surface area (Å²) in [5.41, 5.74) is 1.53. The van der Waals surface area contributed by atoms with Crippen molar-refractivity contribution in [2.75, 3.05) is 6.54 Å². The lowest BCUT2D eigenvalue weighted by atomic mass is 9.88. The fourth-order valence-electron chi connectivity index (χ4n) is 3.84. The van der Waals surface area contributed by atoms with Crippen LogP contribution in [0.2, 0.25) is 0 Å². The van der Waals surface area contributed by atoms with Crippen molar-refractivity contribution in [2.24, 2.45) is 0 Å². The highest BCUT2D eigenvalue weighted by Gasteiger charge is 2.32. The second kappa shape index (κ2) is 6.27. The summed E-state index contributed by atoms with van der Waals surface area (Å²) < 4.78 is 0. The summed E-state index contributed by atoms with van der Waals surface area (Å²) in [5.74, 6) is -0.657. The quantitative estimate of drug-likeness (QED) is 0.917. The molecule has 0 spiro atoms. The van der Waals surface area contributed by atoms with E-state index in [1.54, 1.807) is 4.88 Å². The number of aliphatic carboxylic acids is 1. The molecule has 110 valence electrons. The highest BCUT2D eigenvalue weighted by Crippen LogP contribution is 2.40. The van der Waals surface area contributed by atoms with E-state index < -0.39 is 5.97 Å². The number of nitrogens with zero attached hydrogens (tertiary/aromatic N) is 1. The number of carbonyl (C=O) groups is 1. The molecule has 1 fully saturated rings. The van der Waals surface area contributed by atoms with Gasteiger partial charge in [0.05, 0.1) is 0 Å². The number of piperidine rings is 1. The summed E-state index contributed by atoms with van der Waals surface area (Å²) in [6, 6.07) is 3.31. The largest absolute Gasteiger partial charge is 0.481 e. The highest BCUT2D eigenvalue weighted by molar-refractivity contribution is 7.10. The summed E-state index contributed by atoms with van der Waals surface area (Å²) in [6.45, 7) is 1.14. The van der Waals surface area contributed by atoms with Crippen molar-refractivity contribution in [1.29, 1.82) is 0 Å². The van der Waals surface area contributed by atoms with Crippen molar-refractivity contribution in [3.8, 4) is 0 Å². The van der Waals surface area contributed by atoms with Crippen LogP contribution >= 0.6 is 11.3 Å². The van der Waals surface area contributed by atoms with E-state index in [9.17, 15) is 4.79 Å². The Morgan fingerprint density at radius 3 is 3.10 bits per heavy atom. The second-order valence-electron chi connectivity index (χ2n) is 6.03. The number of hydrogen-bond acceptors (Lipinski definition) is 3. The molecule has 1 aliphatic heterocycles. The first-order chi connectivity index (χ1) is 9.75. The summed E-state index contributed by atoms with van der Waals surface area (Å²) in [5, 5.41) is 11.2. The van der Waals surface area contributed by atoms with E-state index in [1.165, 1.54) is 44.1 Å². The maximum absolute atomic E-state index is 10.9. The Morgan fingerprint density at radius 1 is 1.35 bits per heavy atom. The molecule has 0 radical (unpaired) electrons. The molecule has 20 heavy (non-hydrogen) atoms.